The lowest BCUT2D eigenvalue weighted by atomic mass is 10.2. The van der Waals surface area contributed by atoms with Gasteiger partial charge in [-0.2, -0.15) is 0 Å². The van der Waals surface area contributed by atoms with Gasteiger partial charge >= 0.3 is 0 Å². The Morgan fingerprint density at radius 1 is 1.31 bits per heavy atom. The number of anilines is 1. The van der Waals surface area contributed by atoms with E-state index >= 15 is 0 Å². The van der Waals surface area contributed by atoms with Crippen LogP contribution in [0.1, 0.15) is 48.6 Å². The maximum atomic E-state index is 12.6. The molecule has 0 bridgehead atoms. The van der Waals surface area contributed by atoms with Gasteiger partial charge < -0.3 is 14.8 Å². The van der Waals surface area contributed by atoms with Crippen molar-refractivity contribution < 1.29 is 14.3 Å². The number of ether oxygens (including phenoxy) is 2. The molecule has 1 unspecified atom stereocenters. The van der Waals surface area contributed by atoms with Crippen LogP contribution in [0.3, 0.4) is 0 Å². The van der Waals surface area contributed by atoms with Gasteiger partial charge in [0, 0.05) is 11.6 Å². The van der Waals surface area contributed by atoms with Crippen LogP contribution < -0.4 is 10.1 Å². The number of hydrogen-bond acceptors (Lipinski definition) is 5. The third-order valence-electron chi connectivity index (χ3n) is 4.81. The largest absolute Gasteiger partial charge is 0.488 e. The van der Waals surface area contributed by atoms with Gasteiger partial charge in [-0.05, 0) is 50.3 Å². The van der Waals surface area contributed by atoms with Crippen LogP contribution in [0.5, 0.6) is 5.75 Å². The molecule has 138 valence electrons. The van der Waals surface area contributed by atoms with Crippen molar-refractivity contribution in [2.24, 2.45) is 0 Å². The lowest BCUT2D eigenvalue weighted by molar-refractivity contribution is 0.102. The summed E-state index contributed by atoms with van der Waals surface area (Å²) in [4.78, 5) is 12.6. The fraction of sp³-hybridized carbons (Fsp3) is 0.500. The molecule has 1 saturated heterocycles. The van der Waals surface area contributed by atoms with Gasteiger partial charge in [0.25, 0.3) is 5.91 Å². The van der Waals surface area contributed by atoms with E-state index in [2.05, 4.69) is 15.6 Å². The zero-order chi connectivity index (χ0) is 17.9. The van der Waals surface area contributed by atoms with Crippen LogP contribution in [0.25, 0.3) is 0 Å². The maximum absolute atomic E-state index is 12.6. The fourth-order valence-electron chi connectivity index (χ4n) is 3.36. The van der Waals surface area contributed by atoms with Gasteiger partial charge in [0.15, 0.2) is 5.69 Å². The molecule has 0 spiro atoms. The summed E-state index contributed by atoms with van der Waals surface area (Å²) in [5.74, 6) is 0.292. The van der Waals surface area contributed by atoms with E-state index in [1.54, 1.807) is 29.1 Å². The highest BCUT2D eigenvalue weighted by Crippen LogP contribution is 2.32. The summed E-state index contributed by atoms with van der Waals surface area (Å²) in [5, 5.41) is 11.4. The van der Waals surface area contributed by atoms with E-state index in [-0.39, 0.29) is 23.7 Å². The molecule has 0 radical (unpaired) electrons. The molecule has 1 saturated carbocycles. The van der Waals surface area contributed by atoms with Gasteiger partial charge in [-0.1, -0.05) is 16.8 Å². The van der Waals surface area contributed by atoms with Crippen molar-refractivity contribution in [1.29, 1.82) is 0 Å². The van der Waals surface area contributed by atoms with E-state index in [1.807, 2.05) is 0 Å². The first-order chi connectivity index (χ1) is 12.7. The third-order valence-corrected chi connectivity index (χ3v) is 5.04. The molecular weight excluding hydrogens is 356 g/mol. The lowest BCUT2D eigenvalue weighted by Gasteiger charge is -2.17. The molecule has 1 aromatic carbocycles. The number of nitrogens with one attached hydrogen (secondary N) is 1. The molecular formula is C18H21ClN4O3. The Kier molecular flexibility index (Phi) is 5.08. The number of benzene rings is 1. The van der Waals surface area contributed by atoms with Gasteiger partial charge in [-0.15, -0.1) is 5.10 Å². The van der Waals surface area contributed by atoms with Crippen molar-refractivity contribution in [2.45, 2.75) is 44.2 Å². The molecule has 1 aliphatic heterocycles. The minimum Gasteiger partial charge on any atom is -0.488 e. The number of aromatic nitrogens is 3. The average Bonchev–Trinajstić information content (AvgIpc) is 3.39. The predicted octanol–water partition coefficient (Wildman–Crippen LogP) is 3.47. The summed E-state index contributed by atoms with van der Waals surface area (Å²) in [6, 6.07) is 5.39. The number of amides is 1. The molecule has 4 rings (SSSR count). The van der Waals surface area contributed by atoms with E-state index < -0.39 is 0 Å². The maximum Gasteiger partial charge on any atom is 0.277 e. The quantitative estimate of drug-likeness (QED) is 0.864. The summed E-state index contributed by atoms with van der Waals surface area (Å²) >= 11 is 6.10. The van der Waals surface area contributed by atoms with E-state index in [9.17, 15) is 4.79 Å². The number of rotatable bonds is 5. The van der Waals surface area contributed by atoms with E-state index in [1.165, 1.54) is 12.8 Å². The highest BCUT2D eigenvalue weighted by molar-refractivity contribution is 6.31. The standard InChI is InChI=1S/C18H21ClN4O3/c19-12-5-6-17(26-14-3-1-2-4-14)15(9-12)20-18(24)16-10-23(22-21-16)13-7-8-25-11-13/h5-6,9-10,13-14H,1-4,7-8,11H2,(H,20,24). The third kappa shape index (κ3) is 3.83. The minimum atomic E-state index is -0.339. The zero-order valence-corrected chi connectivity index (χ0v) is 15.1. The first kappa shape index (κ1) is 17.3. The number of carbonyl (C=O) groups excluding carboxylic acids is 1. The molecule has 1 aromatic heterocycles. The smallest absolute Gasteiger partial charge is 0.277 e. The molecule has 7 nitrogen and oxygen atoms in total. The van der Waals surface area contributed by atoms with E-state index in [0.29, 0.717) is 29.7 Å². The van der Waals surface area contributed by atoms with Crippen LogP contribution in [0, 0.1) is 0 Å². The molecule has 2 aliphatic rings. The van der Waals surface area contributed by atoms with Crippen LogP contribution >= 0.6 is 11.6 Å². The van der Waals surface area contributed by atoms with E-state index in [0.717, 1.165) is 19.3 Å². The number of hydrogen-bond donors (Lipinski definition) is 1. The van der Waals surface area contributed by atoms with Crippen molar-refractivity contribution in [3.63, 3.8) is 0 Å². The van der Waals surface area contributed by atoms with Crippen molar-refractivity contribution in [3.8, 4) is 5.75 Å². The SMILES string of the molecule is O=C(Nc1cc(Cl)ccc1OC1CCCC1)c1cn(C2CCOC2)nn1. The van der Waals surface area contributed by atoms with Gasteiger partial charge in [-0.3, -0.25) is 4.79 Å². The normalized spacial score (nSPS) is 20.4. The summed E-state index contributed by atoms with van der Waals surface area (Å²) in [6.07, 6.45) is 7.13. The zero-order valence-electron chi connectivity index (χ0n) is 14.4. The molecule has 1 aliphatic carbocycles. The van der Waals surface area contributed by atoms with Crippen LogP contribution in [0.2, 0.25) is 5.02 Å². The Morgan fingerprint density at radius 2 is 2.15 bits per heavy atom. The Morgan fingerprint density at radius 3 is 2.92 bits per heavy atom. The minimum absolute atomic E-state index is 0.136. The molecule has 1 N–H and O–H groups in total. The van der Waals surface area contributed by atoms with Crippen molar-refractivity contribution in [1.82, 2.24) is 15.0 Å². The first-order valence-electron chi connectivity index (χ1n) is 8.96. The van der Waals surface area contributed by atoms with Crippen molar-refractivity contribution in [2.75, 3.05) is 18.5 Å². The van der Waals surface area contributed by atoms with E-state index in [4.69, 9.17) is 21.1 Å². The van der Waals surface area contributed by atoms with Crippen LogP contribution in [0.4, 0.5) is 5.69 Å². The lowest BCUT2D eigenvalue weighted by Crippen LogP contribution is -2.16. The number of nitrogens with zero attached hydrogens (tertiary/aromatic N) is 3. The Labute approximate surface area is 156 Å². The van der Waals surface area contributed by atoms with Crippen LogP contribution in [-0.4, -0.2) is 40.2 Å². The Balaban J connectivity index is 1.48. The fourth-order valence-corrected chi connectivity index (χ4v) is 3.54. The second-order valence-corrected chi connectivity index (χ2v) is 7.16. The molecule has 2 heterocycles. The highest BCUT2D eigenvalue weighted by atomic mass is 35.5. The topological polar surface area (TPSA) is 78.3 Å². The number of halogens is 1. The second kappa shape index (κ2) is 7.63. The Bertz CT molecular complexity index is 782. The van der Waals surface area contributed by atoms with Gasteiger partial charge in [0.05, 0.1) is 30.6 Å². The number of carbonyl (C=O) groups is 1. The molecule has 8 heteroatoms. The average molecular weight is 377 g/mol. The van der Waals surface area contributed by atoms with Gasteiger partial charge in [0.1, 0.15) is 5.75 Å². The molecule has 1 atom stereocenters. The highest BCUT2D eigenvalue weighted by Gasteiger charge is 2.22. The predicted molar refractivity (Wildman–Crippen MR) is 96.8 cm³/mol. The van der Waals surface area contributed by atoms with Gasteiger partial charge in [-0.25, -0.2) is 4.68 Å². The molecule has 26 heavy (non-hydrogen) atoms. The summed E-state index contributed by atoms with van der Waals surface area (Å²) < 4.78 is 13.1. The van der Waals surface area contributed by atoms with Crippen LogP contribution in [-0.2, 0) is 4.74 Å². The monoisotopic (exact) mass is 376 g/mol. The van der Waals surface area contributed by atoms with Crippen molar-refractivity contribution >= 4 is 23.2 Å². The molecule has 2 fully saturated rings. The first-order valence-corrected chi connectivity index (χ1v) is 9.34. The molecule has 2 aromatic rings. The molecule has 1 amide bonds. The van der Waals surface area contributed by atoms with Crippen molar-refractivity contribution in [3.05, 3.63) is 35.1 Å². The van der Waals surface area contributed by atoms with Crippen LogP contribution in [0.15, 0.2) is 24.4 Å². The Hall–Kier alpha value is -2.12. The second-order valence-electron chi connectivity index (χ2n) is 6.72. The summed E-state index contributed by atoms with van der Waals surface area (Å²) in [6.45, 7) is 1.30. The summed E-state index contributed by atoms with van der Waals surface area (Å²) in [7, 11) is 0. The van der Waals surface area contributed by atoms with Gasteiger partial charge in [0.2, 0.25) is 0 Å². The summed E-state index contributed by atoms with van der Waals surface area (Å²) in [5.41, 5.74) is 0.803.